The highest BCUT2D eigenvalue weighted by atomic mass is 16.5. The molecule has 2 N–H and O–H groups in total. The average molecular weight is 394 g/mol. The van der Waals surface area contributed by atoms with E-state index in [2.05, 4.69) is 20.6 Å². The molecule has 8 heteroatoms. The number of furan rings is 1. The number of amides is 2. The summed E-state index contributed by atoms with van der Waals surface area (Å²) in [4.78, 5) is 32.1. The van der Waals surface area contributed by atoms with Crippen molar-refractivity contribution < 1.29 is 18.7 Å². The maximum absolute atomic E-state index is 12.2. The number of ether oxygens (including phenoxy) is 1. The van der Waals surface area contributed by atoms with E-state index in [-0.39, 0.29) is 17.8 Å². The fraction of sp³-hybridized carbons (Fsp3) is 0.238. The van der Waals surface area contributed by atoms with Gasteiger partial charge in [0.15, 0.2) is 11.5 Å². The van der Waals surface area contributed by atoms with Gasteiger partial charge in [0.05, 0.1) is 6.20 Å². The molecule has 0 bridgehead atoms. The second-order valence-corrected chi connectivity index (χ2v) is 6.40. The van der Waals surface area contributed by atoms with Crippen molar-refractivity contribution in [1.82, 2.24) is 20.6 Å². The number of hydrogen-bond donors (Lipinski definition) is 2. The van der Waals surface area contributed by atoms with Crippen molar-refractivity contribution in [2.75, 3.05) is 7.05 Å². The molecule has 1 unspecified atom stereocenters. The van der Waals surface area contributed by atoms with Crippen LogP contribution in [0.1, 0.15) is 36.1 Å². The van der Waals surface area contributed by atoms with Crippen LogP contribution in [0.4, 0.5) is 0 Å². The van der Waals surface area contributed by atoms with Gasteiger partial charge in [0.2, 0.25) is 5.91 Å². The van der Waals surface area contributed by atoms with Crippen LogP contribution in [0.5, 0.6) is 5.75 Å². The van der Waals surface area contributed by atoms with Crippen LogP contribution in [0.15, 0.2) is 59.4 Å². The smallest absolute Gasteiger partial charge is 0.287 e. The Morgan fingerprint density at radius 2 is 1.93 bits per heavy atom. The molecular weight excluding hydrogens is 372 g/mol. The summed E-state index contributed by atoms with van der Waals surface area (Å²) in [6, 6.07) is 9.86. The summed E-state index contributed by atoms with van der Waals surface area (Å²) in [5.41, 5.74) is 1.52. The van der Waals surface area contributed by atoms with E-state index in [1.807, 2.05) is 19.1 Å². The van der Waals surface area contributed by atoms with Crippen LogP contribution in [0.3, 0.4) is 0 Å². The van der Waals surface area contributed by atoms with Gasteiger partial charge < -0.3 is 19.8 Å². The zero-order valence-corrected chi connectivity index (χ0v) is 16.4. The highest BCUT2D eigenvalue weighted by Crippen LogP contribution is 2.25. The van der Waals surface area contributed by atoms with Crippen molar-refractivity contribution in [3.05, 3.63) is 66.3 Å². The van der Waals surface area contributed by atoms with Gasteiger partial charge in [0.1, 0.15) is 23.6 Å². The van der Waals surface area contributed by atoms with Crippen LogP contribution in [-0.4, -0.2) is 34.9 Å². The van der Waals surface area contributed by atoms with Crippen molar-refractivity contribution in [3.8, 4) is 17.2 Å². The van der Waals surface area contributed by atoms with E-state index >= 15 is 0 Å². The van der Waals surface area contributed by atoms with Gasteiger partial charge in [-0.25, -0.2) is 4.98 Å². The van der Waals surface area contributed by atoms with Crippen LogP contribution in [0, 0.1) is 0 Å². The first kappa shape index (κ1) is 20.1. The van der Waals surface area contributed by atoms with Crippen molar-refractivity contribution in [2.45, 2.75) is 26.0 Å². The first-order valence-corrected chi connectivity index (χ1v) is 9.13. The molecule has 8 nitrogen and oxygen atoms in total. The van der Waals surface area contributed by atoms with Crippen molar-refractivity contribution >= 4 is 11.8 Å². The van der Waals surface area contributed by atoms with Crippen LogP contribution >= 0.6 is 0 Å². The summed E-state index contributed by atoms with van der Waals surface area (Å²) in [7, 11) is 1.51. The number of rotatable bonds is 7. The number of likely N-dealkylation sites (N-methyl/N-ethyl adjacent to an activating group) is 1. The highest BCUT2D eigenvalue weighted by molar-refractivity contribution is 5.95. The lowest BCUT2D eigenvalue weighted by Gasteiger charge is -2.14. The minimum atomic E-state index is -0.669. The Labute approximate surface area is 168 Å². The number of aromatic nitrogens is 2. The molecule has 0 aliphatic heterocycles. The quantitative estimate of drug-likeness (QED) is 0.638. The van der Waals surface area contributed by atoms with Gasteiger partial charge in [-0.05, 0) is 44.2 Å². The Hall–Kier alpha value is -3.68. The largest absolute Gasteiger partial charge is 0.484 e. The Morgan fingerprint density at radius 3 is 2.59 bits per heavy atom. The maximum atomic E-state index is 12.2. The summed E-state index contributed by atoms with van der Waals surface area (Å²) in [6.07, 6.45) is 4.90. The molecule has 29 heavy (non-hydrogen) atoms. The molecule has 2 amide bonds. The van der Waals surface area contributed by atoms with Crippen LogP contribution in [-0.2, 0) is 4.79 Å². The Kier molecular flexibility index (Phi) is 6.23. The Morgan fingerprint density at radius 1 is 1.10 bits per heavy atom. The number of nitrogens with zero attached hydrogens (tertiary/aromatic N) is 2. The fourth-order valence-electron chi connectivity index (χ4n) is 2.63. The predicted octanol–water partition coefficient (Wildman–Crippen LogP) is 2.74. The molecule has 0 aliphatic carbocycles. The molecule has 3 aromatic heterocycles. The summed E-state index contributed by atoms with van der Waals surface area (Å²) >= 11 is 0. The third-order valence-corrected chi connectivity index (χ3v) is 4.27. The summed E-state index contributed by atoms with van der Waals surface area (Å²) in [5.74, 6) is 0.382. The van der Waals surface area contributed by atoms with E-state index < -0.39 is 11.9 Å². The molecule has 0 saturated heterocycles. The molecule has 0 saturated carbocycles. The van der Waals surface area contributed by atoms with E-state index in [9.17, 15) is 9.59 Å². The SMILES string of the molecule is CNC(=O)[C@H](C)NC(=O)c1ccc(-c2ccc(OC(C)c3cccnc3)cn2)o1. The standard InChI is InChI=1S/C21H22N4O4/c1-13(20(26)22-3)25-21(27)19-9-8-18(29-19)17-7-6-16(12-24-17)28-14(2)15-5-4-10-23-11-15/h4-14H,1-3H3,(H,22,26)(H,25,27)/t13-,14?/m0/s1. The molecule has 0 spiro atoms. The third-order valence-electron chi connectivity index (χ3n) is 4.27. The first-order chi connectivity index (χ1) is 14.0. The van der Waals surface area contributed by atoms with E-state index in [1.54, 1.807) is 43.7 Å². The van der Waals surface area contributed by atoms with Crippen molar-refractivity contribution in [2.24, 2.45) is 0 Å². The maximum Gasteiger partial charge on any atom is 0.287 e. The van der Waals surface area contributed by atoms with E-state index in [0.29, 0.717) is 17.2 Å². The van der Waals surface area contributed by atoms with Gasteiger partial charge in [0.25, 0.3) is 5.91 Å². The zero-order valence-electron chi connectivity index (χ0n) is 16.4. The van der Waals surface area contributed by atoms with Crippen LogP contribution in [0.25, 0.3) is 11.5 Å². The lowest BCUT2D eigenvalue weighted by Crippen LogP contribution is -2.43. The molecule has 3 heterocycles. The van der Waals surface area contributed by atoms with E-state index in [1.165, 1.54) is 13.1 Å². The van der Waals surface area contributed by atoms with E-state index in [0.717, 1.165) is 5.56 Å². The van der Waals surface area contributed by atoms with E-state index in [4.69, 9.17) is 9.15 Å². The molecule has 150 valence electrons. The van der Waals surface area contributed by atoms with Crippen molar-refractivity contribution in [1.29, 1.82) is 0 Å². The zero-order chi connectivity index (χ0) is 20.8. The summed E-state index contributed by atoms with van der Waals surface area (Å²) < 4.78 is 11.5. The highest BCUT2D eigenvalue weighted by Gasteiger charge is 2.18. The van der Waals surface area contributed by atoms with Gasteiger partial charge in [-0.3, -0.25) is 14.6 Å². The number of pyridine rings is 2. The van der Waals surface area contributed by atoms with Crippen molar-refractivity contribution in [3.63, 3.8) is 0 Å². The summed E-state index contributed by atoms with van der Waals surface area (Å²) in [6.45, 7) is 3.52. The van der Waals surface area contributed by atoms with Gasteiger partial charge >= 0.3 is 0 Å². The number of nitrogens with one attached hydrogen (secondary N) is 2. The van der Waals surface area contributed by atoms with Gasteiger partial charge in [-0.2, -0.15) is 0 Å². The molecule has 0 radical (unpaired) electrons. The first-order valence-electron chi connectivity index (χ1n) is 9.13. The lowest BCUT2D eigenvalue weighted by atomic mass is 10.2. The Balaban J connectivity index is 1.65. The number of carbonyl (C=O) groups excluding carboxylic acids is 2. The van der Waals surface area contributed by atoms with Crippen LogP contribution in [0.2, 0.25) is 0 Å². The fourth-order valence-corrected chi connectivity index (χ4v) is 2.63. The second kappa shape index (κ2) is 9.01. The third kappa shape index (κ3) is 4.98. The molecule has 0 aliphatic rings. The number of carbonyl (C=O) groups is 2. The molecular formula is C21H22N4O4. The normalized spacial score (nSPS) is 12.7. The van der Waals surface area contributed by atoms with Gasteiger partial charge in [-0.15, -0.1) is 0 Å². The average Bonchev–Trinajstić information content (AvgIpc) is 3.24. The molecule has 0 fully saturated rings. The van der Waals surface area contributed by atoms with Crippen LogP contribution < -0.4 is 15.4 Å². The molecule has 0 aromatic carbocycles. The number of hydrogen-bond acceptors (Lipinski definition) is 6. The molecule has 3 aromatic rings. The topological polar surface area (TPSA) is 106 Å². The minimum Gasteiger partial charge on any atom is -0.484 e. The lowest BCUT2D eigenvalue weighted by molar-refractivity contribution is -0.122. The van der Waals surface area contributed by atoms with Gasteiger partial charge in [0, 0.05) is 25.0 Å². The Bertz CT molecular complexity index is 970. The molecule has 2 atom stereocenters. The monoisotopic (exact) mass is 394 g/mol. The second-order valence-electron chi connectivity index (χ2n) is 6.40. The minimum absolute atomic E-state index is 0.100. The summed E-state index contributed by atoms with van der Waals surface area (Å²) in [5, 5.41) is 5.04. The van der Waals surface area contributed by atoms with Gasteiger partial charge in [-0.1, -0.05) is 6.07 Å². The predicted molar refractivity (Wildman–Crippen MR) is 106 cm³/mol. The molecule has 3 rings (SSSR count).